The predicted molar refractivity (Wildman–Crippen MR) is 183 cm³/mol. The highest BCUT2D eigenvalue weighted by atomic mass is 16.5. The van der Waals surface area contributed by atoms with Crippen molar-refractivity contribution in [2.24, 2.45) is 5.92 Å². The first kappa shape index (κ1) is 38.0. The van der Waals surface area contributed by atoms with Gasteiger partial charge in [0.2, 0.25) is 0 Å². The van der Waals surface area contributed by atoms with Gasteiger partial charge >= 0.3 is 0 Å². The molecule has 0 aliphatic carbocycles. The number of ether oxygens (including phenoxy) is 4. The number of carbonyl (C=O) groups excluding carboxylic acids is 2. The van der Waals surface area contributed by atoms with E-state index in [4.69, 9.17) is 18.9 Å². The Balaban J connectivity index is 2.06. The van der Waals surface area contributed by atoms with Crippen molar-refractivity contribution >= 4 is 11.6 Å². The van der Waals surface area contributed by atoms with E-state index in [0.717, 1.165) is 29.0 Å². The lowest BCUT2D eigenvalue weighted by Gasteiger charge is -2.35. The van der Waals surface area contributed by atoms with E-state index in [2.05, 4.69) is 72.0 Å². The summed E-state index contributed by atoms with van der Waals surface area (Å²) < 4.78 is 24.6. The number of hydrogen-bond donors (Lipinski definition) is 0. The topological polar surface area (TPSA) is 71.1 Å². The summed E-state index contributed by atoms with van der Waals surface area (Å²) in [4.78, 5) is 24.1. The maximum atomic E-state index is 12.1. The van der Waals surface area contributed by atoms with Crippen molar-refractivity contribution in [3.8, 4) is 11.5 Å². The Morgan fingerprint density at radius 2 is 1.13 bits per heavy atom. The van der Waals surface area contributed by atoms with E-state index in [1.807, 2.05) is 38.1 Å². The molecule has 0 saturated carbocycles. The molecule has 2 atom stereocenters. The van der Waals surface area contributed by atoms with Gasteiger partial charge in [-0.05, 0) is 102 Å². The molecule has 0 bridgehead atoms. The van der Waals surface area contributed by atoms with Gasteiger partial charge in [0.05, 0.1) is 13.2 Å². The fraction of sp³-hybridized carbons (Fsp3) is 0.538. The van der Waals surface area contributed by atoms with Crippen LogP contribution < -0.4 is 9.47 Å². The van der Waals surface area contributed by atoms with Gasteiger partial charge in [-0.2, -0.15) is 0 Å². The summed E-state index contributed by atoms with van der Waals surface area (Å²) in [6, 6.07) is 16.5. The zero-order chi connectivity index (χ0) is 34.3. The van der Waals surface area contributed by atoms with E-state index < -0.39 is 22.4 Å². The molecule has 0 amide bonds. The average Bonchev–Trinajstić information content (AvgIpc) is 2.99. The van der Waals surface area contributed by atoms with E-state index >= 15 is 0 Å². The predicted octanol–water partition coefficient (Wildman–Crippen LogP) is 8.84. The molecule has 2 rings (SSSR count). The second-order valence-electron chi connectivity index (χ2n) is 14.3. The molecule has 0 aliphatic rings. The average molecular weight is 621 g/mol. The number of ketones is 2. The SMILES string of the molecule is C=CC(=O)C(C)(C)OCC[C@@](C)(CC)Oc1ccc(C(C)(C)c2ccc(OC(C)(C)C(C)COC(C)(C)C(=O)C=C)cc2)cc1. The molecule has 0 spiro atoms. The Bertz CT molecular complexity index is 1250. The van der Waals surface area contributed by atoms with E-state index in [1.165, 1.54) is 12.2 Å². The highest BCUT2D eigenvalue weighted by Crippen LogP contribution is 2.35. The minimum absolute atomic E-state index is 0.0293. The highest BCUT2D eigenvalue weighted by molar-refractivity contribution is 5.96. The number of benzene rings is 2. The molecule has 2 aromatic rings. The van der Waals surface area contributed by atoms with Crippen LogP contribution in [-0.4, -0.2) is 47.2 Å². The van der Waals surface area contributed by atoms with Crippen LogP contribution in [0, 0.1) is 5.92 Å². The molecular formula is C39H56O6. The summed E-state index contributed by atoms with van der Waals surface area (Å²) in [6.45, 7) is 29.7. The van der Waals surface area contributed by atoms with Gasteiger partial charge in [-0.3, -0.25) is 9.59 Å². The fourth-order valence-corrected chi connectivity index (χ4v) is 4.72. The molecule has 0 fully saturated rings. The lowest BCUT2D eigenvalue weighted by Crippen LogP contribution is -2.42. The summed E-state index contributed by atoms with van der Waals surface area (Å²) in [5.74, 6) is 1.32. The number of carbonyl (C=O) groups is 2. The monoisotopic (exact) mass is 620 g/mol. The van der Waals surface area contributed by atoms with Crippen molar-refractivity contribution in [1.29, 1.82) is 0 Å². The molecule has 2 aromatic carbocycles. The first-order valence-electron chi connectivity index (χ1n) is 15.9. The smallest absolute Gasteiger partial charge is 0.186 e. The lowest BCUT2D eigenvalue weighted by atomic mass is 9.78. The Morgan fingerprint density at radius 3 is 1.56 bits per heavy atom. The maximum Gasteiger partial charge on any atom is 0.186 e. The van der Waals surface area contributed by atoms with Crippen molar-refractivity contribution in [3.05, 3.63) is 85.0 Å². The van der Waals surface area contributed by atoms with Gasteiger partial charge in [0.25, 0.3) is 0 Å². The van der Waals surface area contributed by atoms with Crippen LogP contribution in [0.4, 0.5) is 0 Å². The minimum atomic E-state index is -0.917. The normalized spacial score (nSPS) is 14.6. The van der Waals surface area contributed by atoms with E-state index in [9.17, 15) is 9.59 Å². The van der Waals surface area contributed by atoms with Gasteiger partial charge in [-0.15, -0.1) is 0 Å². The van der Waals surface area contributed by atoms with Gasteiger partial charge in [-0.1, -0.05) is 65.1 Å². The summed E-state index contributed by atoms with van der Waals surface area (Å²) in [5, 5.41) is 0. The largest absolute Gasteiger partial charge is 0.488 e. The van der Waals surface area contributed by atoms with E-state index in [0.29, 0.717) is 19.6 Å². The first-order chi connectivity index (χ1) is 20.7. The number of hydrogen-bond acceptors (Lipinski definition) is 6. The third kappa shape index (κ3) is 10.1. The van der Waals surface area contributed by atoms with Gasteiger partial charge < -0.3 is 18.9 Å². The van der Waals surface area contributed by atoms with Crippen LogP contribution >= 0.6 is 0 Å². The molecule has 6 nitrogen and oxygen atoms in total. The highest BCUT2D eigenvalue weighted by Gasteiger charge is 2.33. The van der Waals surface area contributed by atoms with Crippen molar-refractivity contribution < 1.29 is 28.5 Å². The molecule has 0 aromatic heterocycles. The zero-order valence-corrected chi connectivity index (χ0v) is 29.5. The van der Waals surface area contributed by atoms with Crippen LogP contribution in [0.25, 0.3) is 0 Å². The maximum absolute atomic E-state index is 12.1. The van der Waals surface area contributed by atoms with Gasteiger partial charge in [0.1, 0.15) is 33.9 Å². The van der Waals surface area contributed by atoms with Crippen LogP contribution in [0.15, 0.2) is 73.8 Å². The standard InChI is InChI=1S/C39H56O6/c1-14-33(40)37(9,10)42-26-25-39(13,16-3)45-32-23-19-30(20-24-32)35(5,6)29-17-21-31(22-18-29)44-36(7,8)28(4)27-43-38(11,12)34(41)15-2/h14-15,17-24,28H,1-2,16,25-27H2,3-13H3/t28?,39-/m1/s1. The van der Waals surface area contributed by atoms with Crippen LogP contribution in [0.2, 0.25) is 0 Å². The van der Waals surface area contributed by atoms with Crippen molar-refractivity contribution in [2.45, 2.75) is 117 Å². The first-order valence-corrected chi connectivity index (χ1v) is 15.9. The molecule has 6 heteroatoms. The second-order valence-corrected chi connectivity index (χ2v) is 14.3. The quantitative estimate of drug-likeness (QED) is 0.146. The van der Waals surface area contributed by atoms with Gasteiger partial charge in [-0.25, -0.2) is 0 Å². The third-order valence-corrected chi connectivity index (χ3v) is 9.18. The molecule has 0 saturated heterocycles. The van der Waals surface area contributed by atoms with Crippen LogP contribution in [0.5, 0.6) is 11.5 Å². The van der Waals surface area contributed by atoms with Crippen molar-refractivity contribution in [1.82, 2.24) is 0 Å². The van der Waals surface area contributed by atoms with Crippen molar-refractivity contribution in [3.63, 3.8) is 0 Å². The van der Waals surface area contributed by atoms with Crippen LogP contribution in [0.1, 0.15) is 100 Å². The summed E-state index contributed by atoms with van der Waals surface area (Å²) in [7, 11) is 0. The zero-order valence-electron chi connectivity index (χ0n) is 29.5. The molecule has 45 heavy (non-hydrogen) atoms. The lowest BCUT2D eigenvalue weighted by molar-refractivity contribution is -0.139. The summed E-state index contributed by atoms with van der Waals surface area (Å²) >= 11 is 0. The molecule has 0 aliphatic heterocycles. The Kier molecular flexibility index (Phi) is 12.6. The van der Waals surface area contributed by atoms with Crippen molar-refractivity contribution in [2.75, 3.05) is 13.2 Å². The Morgan fingerprint density at radius 1 is 0.711 bits per heavy atom. The van der Waals surface area contributed by atoms with E-state index in [-0.39, 0.29) is 22.9 Å². The molecule has 0 radical (unpaired) electrons. The van der Waals surface area contributed by atoms with Gasteiger partial charge in [0.15, 0.2) is 11.6 Å². The second kappa shape index (κ2) is 14.9. The molecule has 248 valence electrons. The van der Waals surface area contributed by atoms with Gasteiger partial charge in [0, 0.05) is 17.8 Å². The van der Waals surface area contributed by atoms with Crippen LogP contribution in [-0.2, 0) is 24.5 Å². The third-order valence-electron chi connectivity index (χ3n) is 9.18. The van der Waals surface area contributed by atoms with E-state index in [1.54, 1.807) is 27.7 Å². The number of rotatable bonds is 19. The Labute approximate surface area is 272 Å². The summed E-state index contributed by atoms with van der Waals surface area (Å²) in [5.41, 5.74) is -0.688. The Hall–Kier alpha value is -3.22. The molecular weight excluding hydrogens is 564 g/mol. The summed E-state index contributed by atoms with van der Waals surface area (Å²) in [6.07, 6.45) is 4.05. The molecule has 1 unspecified atom stereocenters. The fourth-order valence-electron chi connectivity index (χ4n) is 4.72. The minimum Gasteiger partial charge on any atom is -0.488 e. The molecule has 0 N–H and O–H groups in total. The van der Waals surface area contributed by atoms with Crippen LogP contribution in [0.3, 0.4) is 0 Å². The molecule has 0 heterocycles.